The second kappa shape index (κ2) is 6.10. The van der Waals surface area contributed by atoms with Crippen LogP contribution in [0.1, 0.15) is 31.7 Å². The zero-order valence-corrected chi connectivity index (χ0v) is 11.1. The molecule has 1 aliphatic rings. The van der Waals surface area contributed by atoms with Crippen LogP contribution in [0.2, 0.25) is 0 Å². The van der Waals surface area contributed by atoms with Gasteiger partial charge in [-0.15, -0.1) is 11.8 Å². The third-order valence-electron chi connectivity index (χ3n) is 3.02. The smallest absolute Gasteiger partial charge is 0.233 e. The fraction of sp³-hybridized carbons (Fsp3) is 0.500. The number of amides is 1. The molecule has 0 aromatic heterocycles. The van der Waals surface area contributed by atoms with Gasteiger partial charge in [0.1, 0.15) is 0 Å². The van der Waals surface area contributed by atoms with Crippen molar-refractivity contribution in [3.63, 3.8) is 0 Å². The van der Waals surface area contributed by atoms with Gasteiger partial charge >= 0.3 is 0 Å². The minimum Gasteiger partial charge on any atom is -0.355 e. The first kappa shape index (κ1) is 12.5. The molecule has 1 atom stereocenters. The van der Waals surface area contributed by atoms with Crippen molar-refractivity contribution in [1.82, 2.24) is 5.32 Å². The minimum atomic E-state index is 0.0778. The predicted octanol–water partition coefficient (Wildman–Crippen LogP) is 3.01. The van der Waals surface area contributed by atoms with E-state index in [0.717, 1.165) is 19.4 Å². The molecule has 1 aliphatic heterocycles. The van der Waals surface area contributed by atoms with E-state index in [9.17, 15) is 4.79 Å². The Labute approximate surface area is 107 Å². The van der Waals surface area contributed by atoms with Crippen LogP contribution in [0.5, 0.6) is 0 Å². The van der Waals surface area contributed by atoms with E-state index >= 15 is 0 Å². The third-order valence-corrected chi connectivity index (χ3v) is 4.34. The molecule has 1 amide bonds. The Hall–Kier alpha value is -0.960. The summed E-state index contributed by atoms with van der Waals surface area (Å²) in [5.41, 5.74) is 1.31. The van der Waals surface area contributed by atoms with Crippen LogP contribution >= 0.6 is 11.8 Å². The molecule has 1 unspecified atom stereocenters. The van der Waals surface area contributed by atoms with Crippen LogP contribution in [0.3, 0.4) is 0 Å². The van der Waals surface area contributed by atoms with Crippen molar-refractivity contribution in [2.24, 2.45) is 0 Å². The van der Waals surface area contributed by atoms with Gasteiger partial charge in [0.25, 0.3) is 0 Å². The second-order valence-corrected chi connectivity index (χ2v) is 5.66. The molecule has 2 rings (SSSR count). The molecule has 1 aromatic carbocycles. The average Bonchev–Trinajstić information content (AvgIpc) is 2.78. The number of nitrogens with one attached hydrogen (secondary N) is 1. The van der Waals surface area contributed by atoms with E-state index in [1.54, 1.807) is 11.8 Å². The summed E-state index contributed by atoms with van der Waals surface area (Å²) < 4.78 is 0. The van der Waals surface area contributed by atoms with Crippen LogP contribution < -0.4 is 5.32 Å². The topological polar surface area (TPSA) is 29.1 Å². The summed E-state index contributed by atoms with van der Waals surface area (Å²) in [4.78, 5) is 13.2. The van der Waals surface area contributed by atoms with Crippen LogP contribution in [-0.4, -0.2) is 17.7 Å². The van der Waals surface area contributed by atoms with E-state index in [4.69, 9.17) is 0 Å². The van der Waals surface area contributed by atoms with Gasteiger partial charge in [0.2, 0.25) is 5.91 Å². The van der Waals surface area contributed by atoms with Gasteiger partial charge in [-0.05, 0) is 24.5 Å². The lowest BCUT2D eigenvalue weighted by Gasteiger charge is -2.09. The Balaban J connectivity index is 1.80. The van der Waals surface area contributed by atoms with Crippen molar-refractivity contribution < 1.29 is 4.79 Å². The first-order valence-electron chi connectivity index (χ1n) is 6.33. The van der Waals surface area contributed by atoms with E-state index in [-0.39, 0.29) is 11.2 Å². The highest BCUT2D eigenvalue weighted by Crippen LogP contribution is 2.36. The predicted molar refractivity (Wildman–Crippen MR) is 72.3 cm³/mol. The van der Waals surface area contributed by atoms with Gasteiger partial charge < -0.3 is 5.32 Å². The van der Waals surface area contributed by atoms with Crippen molar-refractivity contribution in [3.05, 3.63) is 29.8 Å². The molecular formula is C14H19NOS. The summed E-state index contributed by atoms with van der Waals surface area (Å²) in [6, 6.07) is 8.30. The molecule has 92 valence electrons. The molecule has 3 heteroatoms. The number of carbonyl (C=O) groups excluding carboxylic acids is 1. The molecule has 2 nitrogen and oxygen atoms in total. The zero-order valence-electron chi connectivity index (χ0n) is 10.2. The number of rotatable bonds is 5. The Morgan fingerprint density at radius 1 is 1.41 bits per heavy atom. The van der Waals surface area contributed by atoms with Crippen molar-refractivity contribution in [2.75, 3.05) is 6.54 Å². The van der Waals surface area contributed by atoms with Crippen LogP contribution in [0.15, 0.2) is 29.2 Å². The van der Waals surface area contributed by atoms with Gasteiger partial charge in [0.05, 0.1) is 5.25 Å². The number of fused-ring (bicyclic) bond motifs is 1. The van der Waals surface area contributed by atoms with Crippen molar-refractivity contribution >= 4 is 17.7 Å². The van der Waals surface area contributed by atoms with Gasteiger partial charge in [0.15, 0.2) is 0 Å². The molecule has 1 heterocycles. The number of unbranched alkanes of at least 4 members (excludes halogenated alkanes) is 2. The van der Waals surface area contributed by atoms with Crippen LogP contribution in [0, 0.1) is 0 Å². The van der Waals surface area contributed by atoms with Crippen LogP contribution in [0.4, 0.5) is 0 Å². The average molecular weight is 249 g/mol. The molecule has 0 saturated carbocycles. The first-order valence-corrected chi connectivity index (χ1v) is 7.21. The fourth-order valence-corrected chi connectivity index (χ4v) is 3.25. The van der Waals surface area contributed by atoms with Crippen LogP contribution in [0.25, 0.3) is 0 Å². The van der Waals surface area contributed by atoms with Gasteiger partial charge in [-0.1, -0.05) is 38.0 Å². The summed E-state index contributed by atoms with van der Waals surface area (Å²) >= 11 is 1.70. The number of carbonyl (C=O) groups is 1. The molecule has 17 heavy (non-hydrogen) atoms. The monoisotopic (exact) mass is 249 g/mol. The second-order valence-electron chi connectivity index (χ2n) is 4.42. The van der Waals surface area contributed by atoms with Gasteiger partial charge in [-0.3, -0.25) is 4.79 Å². The highest BCUT2D eigenvalue weighted by molar-refractivity contribution is 8.01. The molecule has 0 fully saturated rings. The molecule has 0 saturated heterocycles. The third kappa shape index (κ3) is 3.25. The number of hydrogen-bond donors (Lipinski definition) is 1. The quantitative estimate of drug-likeness (QED) is 0.813. The maximum Gasteiger partial charge on any atom is 0.233 e. The van der Waals surface area contributed by atoms with Crippen molar-refractivity contribution in [2.45, 2.75) is 42.8 Å². The maximum absolute atomic E-state index is 11.9. The number of thioether (sulfide) groups is 1. The Morgan fingerprint density at radius 2 is 2.24 bits per heavy atom. The summed E-state index contributed by atoms with van der Waals surface area (Å²) in [6.45, 7) is 2.99. The van der Waals surface area contributed by atoms with Crippen LogP contribution in [-0.2, 0) is 11.2 Å². The standard InChI is InChI=1S/C14H19NOS/c1-2-3-6-9-15-14(16)13-10-11-7-4-5-8-12(11)17-13/h4-5,7-8,13H,2-3,6,9-10H2,1H3,(H,15,16). The molecule has 1 N–H and O–H groups in total. The van der Waals surface area contributed by atoms with E-state index in [2.05, 4.69) is 24.4 Å². The van der Waals surface area contributed by atoms with E-state index in [0.29, 0.717) is 0 Å². The Kier molecular flexibility index (Phi) is 4.49. The highest BCUT2D eigenvalue weighted by Gasteiger charge is 2.27. The number of hydrogen-bond acceptors (Lipinski definition) is 2. The fourth-order valence-electron chi connectivity index (χ4n) is 2.03. The van der Waals surface area contributed by atoms with Gasteiger partial charge in [0, 0.05) is 11.4 Å². The first-order chi connectivity index (χ1) is 8.31. The van der Waals surface area contributed by atoms with Gasteiger partial charge in [-0.2, -0.15) is 0 Å². The molecule has 1 aromatic rings. The summed E-state index contributed by atoms with van der Waals surface area (Å²) in [5, 5.41) is 3.11. The SMILES string of the molecule is CCCCCNC(=O)C1Cc2ccccc2S1. The van der Waals surface area contributed by atoms with Crippen molar-refractivity contribution in [1.29, 1.82) is 0 Å². The lowest BCUT2D eigenvalue weighted by atomic mass is 10.1. The number of benzene rings is 1. The Bertz CT molecular complexity index is 367. The summed E-state index contributed by atoms with van der Waals surface area (Å²) in [6.07, 6.45) is 4.35. The van der Waals surface area contributed by atoms with E-state index in [1.807, 2.05) is 12.1 Å². The van der Waals surface area contributed by atoms with E-state index in [1.165, 1.54) is 23.3 Å². The molecule has 0 bridgehead atoms. The largest absolute Gasteiger partial charge is 0.355 e. The van der Waals surface area contributed by atoms with Crippen molar-refractivity contribution in [3.8, 4) is 0 Å². The molecule has 0 spiro atoms. The van der Waals surface area contributed by atoms with Gasteiger partial charge in [-0.25, -0.2) is 0 Å². The molecular weight excluding hydrogens is 230 g/mol. The molecule has 0 radical (unpaired) electrons. The maximum atomic E-state index is 11.9. The summed E-state index contributed by atoms with van der Waals surface area (Å²) in [7, 11) is 0. The Morgan fingerprint density at radius 3 is 3.00 bits per heavy atom. The van der Waals surface area contributed by atoms with E-state index < -0.39 is 0 Å². The normalized spacial score (nSPS) is 17.8. The lowest BCUT2D eigenvalue weighted by molar-refractivity contribution is -0.120. The lowest BCUT2D eigenvalue weighted by Crippen LogP contribution is -2.33. The minimum absolute atomic E-state index is 0.0778. The summed E-state index contributed by atoms with van der Waals surface area (Å²) in [5.74, 6) is 0.197. The zero-order chi connectivity index (χ0) is 12.1. The highest BCUT2D eigenvalue weighted by atomic mass is 32.2. The molecule has 0 aliphatic carbocycles.